The molecule has 2 aromatic carbocycles. The van der Waals surface area contributed by atoms with Crippen molar-refractivity contribution >= 4 is 17.5 Å². The van der Waals surface area contributed by atoms with E-state index in [0.29, 0.717) is 5.69 Å². The zero-order valence-electron chi connectivity index (χ0n) is 18.9. The van der Waals surface area contributed by atoms with Gasteiger partial charge < -0.3 is 11.1 Å². The van der Waals surface area contributed by atoms with Gasteiger partial charge in [0, 0.05) is 24.5 Å². The molecule has 0 saturated carbocycles. The molecule has 6 nitrogen and oxygen atoms in total. The van der Waals surface area contributed by atoms with Crippen molar-refractivity contribution in [3.8, 4) is 11.1 Å². The van der Waals surface area contributed by atoms with Crippen LogP contribution in [0.2, 0.25) is 0 Å². The number of hydrogen-bond acceptors (Lipinski definition) is 3. The molecule has 3 aromatic rings. The third-order valence-corrected chi connectivity index (χ3v) is 6.30. The molecule has 0 unspecified atom stereocenters. The van der Waals surface area contributed by atoms with Crippen molar-refractivity contribution in [2.24, 2.45) is 12.8 Å². The van der Waals surface area contributed by atoms with E-state index < -0.39 is 23.9 Å². The molecule has 2 amide bonds. The maximum atomic E-state index is 13.7. The van der Waals surface area contributed by atoms with Gasteiger partial charge in [-0.1, -0.05) is 45.0 Å². The number of nitrogens with one attached hydrogen (secondary N) is 1. The number of anilines is 1. The van der Waals surface area contributed by atoms with Crippen LogP contribution in [0.5, 0.6) is 0 Å². The Hall–Kier alpha value is -3.55. The zero-order valence-corrected chi connectivity index (χ0v) is 18.9. The van der Waals surface area contributed by atoms with Crippen molar-refractivity contribution in [2.45, 2.75) is 45.0 Å². The van der Waals surface area contributed by atoms with Gasteiger partial charge in [0.25, 0.3) is 12.3 Å². The number of benzene rings is 2. The van der Waals surface area contributed by atoms with Gasteiger partial charge in [0.1, 0.15) is 5.69 Å². The summed E-state index contributed by atoms with van der Waals surface area (Å²) < 4.78 is 28.6. The topological polar surface area (TPSA) is 90.0 Å². The lowest BCUT2D eigenvalue weighted by atomic mass is 9.86. The van der Waals surface area contributed by atoms with E-state index in [9.17, 15) is 18.4 Å². The lowest BCUT2D eigenvalue weighted by molar-refractivity contribution is 0.0977. The van der Waals surface area contributed by atoms with Crippen molar-refractivity contribution in [3.63, 3.8) is 0 Å². The number of hydrogen-bond donors (Lipinski definition) is 2. The molecule has 0 aliphatic heterocycles. The van der Waals surface area contributed by atoms with Gasteiger partial charge in [-0.3, -0.25) is 14.3 Å². The Morgan fingerprint density at radius 1 is 1.18 bits per heavy atom. The van der Waals surface area contributed by atoms with Crippen LogP contribution in [-0.4, -0.2) is 21.6 Å². The predicted molar refractivity (Wildman–Crippen MR) is 123 cm³/mol. The Morgan fingerprint density at radius 3 is 2.55 bits per heavy atom. The molecule has 1 aliphatic carbocycles. The molecule has 0 radical (unpaired) electrons. The van der Waals surface area contributed by atoms with Crippen LogP contribution in [0, 0.1) is 0 Å². The van der Waals surface area contributed by atoms with Crippen LogP contribution in [-0.2, 0) is 12.5 Å². The van der Waals surface area contributed by atoms with Crippen LogP contribution in [0.3, 0.4) is 0 Å². The molecule has 1 heterocycles. The van der Waals surface area contributed by atoms with Crippen molar-refractivity contribution < 1.29 is 18.4 Å². The Labute approximate surface area is 190 Å². The summed E-state index contributed by atoms with van der Waals surface area (Å²) >= 11 is 0. The quantitative estimate of drug-likeness (QED) is 0.560. The molecule has 8 heteroatoms. The van der Waals surface area contributed by atoms with E-state index in [-0.39, 0.29) is 33.6 Å². The van der Waals surface area contributed by atoms with Crippen LogP contribution in [0.1, 0.15) is 77.1 Å². The number of aromatic nitrogens is 2. The molecule has 1 atom stereocenters. The van der Waals surface area contributed by atoms with E-state index in [4.69, 9.17) is 5.73 Å². The highest BCUT2D eigenvalue weighted by Crippen LogP contribution is 2.48. The lowest BCUT2D eigenvalue weighted by Gasteiger charge is -2.20. The first kappa shape index (κ1) is 22.6. The number of halogens is 2. The monoisotopic (exact) mass is 452 g/mol. The highest BCUT2D eigenvalue weighted by molar-refractivity contribution is 6.16. The zero-order chi connectivity index (χ0) is 24.1. The number of carbonyl (C=O) groups is 2. The number of primary amides is 1. The van der Waals surface area contributed by atoms with Crippen molar-refractivity contribution in [1.29, 1.82) is 0 Å². The second-order valence-electron chi connectivity index (χ2n) is 9.20. The van der Waals surface area contributed by atoms with Gasteiger partial charge in [0.15, 0.2) is 0 Å². The Bertz CT molecular complexity index is 1260. The SMILES string of the molecule is C[C@@H]1CC(C)(C)c2cccc(NC(=O)c3c(C(N)=O)cccc3-c3cn(C)nc3C(F)F)c21. The summed E-state index contributed by atoms with van der Waals surface area (Å²) in [6.07, 6.45) is -0.510. The van der Waals surface area contributed by atoms with E-state index in [1.165, 1.54) is 36.1 Å². The predicted octanol–water partition coefficient (Wildman–Crippen LogP) is 5.16. The van der Waals surface area contributed by atoms with E-state index in [1.54, 1.807) is 0 Å². The number of alkyl halides is 2. The highest BCUT2D eigenvalue weighted by Gasteiger charge is 2.36. The largest absolute Gasteiger partial charge is 0.366 e. The van der Waals surface area contributed by atoms with Gasteiger partial charge in [0.05, 0.1) is 11.1 Å². The first-order valence-corrected chi connectivity index (χ1v) is 10.7. The molecule has 172 valence electrons. The minimum absolute atomic E-state index is 0.0341. The average molecular weight is 453 g/mol. The summed E-state index contributed by atoms with van der Waals surface area (Å²) in [5, 5.41) is 6.76. The fourth-order valence-electron chi connectivity index (χ4n) is 5.06. The fraction of sp³-hybridized carbons (Fsp3) is 0.320. The Morgan fingerprint density at radius 2 is 1.88 bits per heavy atom. The molecule has 4 rings (SSSR count). The summed E-state index contributed by atoms with van der Waals surface area (Å²) in [5.74, 6) is -1.19. The molecule has 0 spiro atoms. The lowest BCUT2D eigenvalue weighted by Crippen LogP contribution is -2.22. The molecule has 0 fully saturated rings. The molecule has 3 N–H and O–H groups in total. The summed E-state index contributed by atoms with van der Waals surface area (Å²) in [6, 6.07) is 10.2. The summed E-state index contributed by atoms with van der Waals surface area (Å²) in [6.45, 7) is 6.43. The average Bonchev–Trinajstić information content (AvgIpc) is 3.24. The Kier molecular flexibility index (Phi) is 5.56. The molecule has 33 heavy (non-hydrogen) atoms. The maximum absolute atomic E-state index is 13.7. The summed E-state index contributed by atoms with van der Waals surface area (Å²) in [4.78, 5) is 25.7. The van der Waals surface area contributed by atoms with Crippen molar-refractivity contribution in [2.75, 3.05) is 5.32 Å². The number of rotatable bonds is 5. The maximum Gasteiger partial charge on any atom is 0.282 e. The van der Waals surface area contributed by atoms with Gasteiger partial charge >= 0.3 is 0 Å². The van der Waals surface area contributed by atoms with Crippen LogP contribution in [0.25, 0.3) is 11.1 Å². The number of amides is 2. The van der Waals surface area contributed by atoms with E-state index in [2.05, 4.69) is 37.3 Å². The van der Waals surface area contributed by atoms with Crippen LogP contribution < -0.4 is 11.1 Å². The minimum Gasteiger partial charge on any atom is -0.366 e. The van der Waals surface area contributed by atoms with Gasteiger partial charge in [-0.15, -0.1) is 0 Å². The van der Waals surface area contributed by atoms with Crippen LogP contribution in [0.4, 0.5) is 14.5 Å². The molecule has 0 saturated heterocycles. The smallest absolute Gasteiger partial charge is 0.282 e. The number of fused-ring (bicyclic) bond motifs is 1. The van der Waals surface area contributed by atoms with E-state index in [1.807, 2.05) is 12.1 Å². The van der Waals surface area contributed by atoms with Gasteiger partial charge in [-0.05, 0) is 46.6 Å². The summed E-state index contributed by atoms with van der Waals surface area (Å²) in [7, 11) is 1.52. The van der Waals surface area contributed by atoms with Gasteiger partial charge in [-0.25, -0.2) is 8.78 Å². The standard InChI is InChI=1S/C25H26F2N4O2/c1-13-11-25(2,3)17-9-6-10-18(19(13)17)29-24(33)20-14(7-5-8-15(20)23(28)32)16-12-31(4)30-21(16)22(26)27/h5-10,12-13,22H,11H2,1-4H3,(H2,28,32)(H,29,33)/t13-/m1/s1. The highest BCUT2D eigenvalue weighted by atomic mass is 19.3. The van der Waals surface area contributed by atoms with Gasteiger partial charge in [0.2, 0.25) is 5.91 Å². The number of nitrogens with zero attached hydrogens (tertiary/aromatic N) is 2. The second-order valence-corrected chi connectivity index (χ2v) is 9.20. The molecular weight excluding hydrogens is 426 g/mol. The number of carbonyl (C=O) groups excluding carboxylic acids is 2. The number of nitrogens with two attached hydrogens (primary N) is 1. The molecule has 0 bridgehead atoms. The van der Waals surface area contributed by atoms with E-state index >= 15 is 0 Å². The third kappa shape index (κ3) is 3.90. The number of aryl methyl sites for hydroxylation is 1. The normalized spacial score (nSPS) is 16.6. The third-order valence-electron chi connectivity index (χ3n) is 6.30. The fourth-order valence-corrected chi connectivity index (χ4v) is 5.06. The first-order chi connectivity index (χ1) is 15.5. The van der Waals surface area contributed by atoms with Gasteiger partial charge in [-0.2, -0.15) is 5.10 Å². The van der Waals surface area contributed by atoms with E-state index in [0.717, 1.165) is 17.5 Å². The Balaban J connectivity index is 1.85. The first-order valence-electron chi connectivity index (χ1n) is 10.7. The minimum atomic E-state index is -2.85. The molecule has 1 aromatic heterocycles. The van der Waals surface area contributed by atoms with Crippen molar-refractivity contribution in [3.05, 3.63) is 70.5 Å². The molecular formula is C25H26F2N4O2. The molecule has 1 aliphatic rings. The van der Waals surface area contributed by atoms with Crippen LogP contribution >= 0.6 is 0 Å². The second kappa shape index (κ2) is 8.10. The van der Waals surface area contributed by atoms with Crippen molar-refractivity contribution in [1.82, 2.24) is 9.78 Å². The van der Waals surface area contributed by atoms with Crippen LogP contribution in [0.15, 0.2) is 42.6 Å². The summed E-state index contributed by atoms with van der Waals surface area (Å²) in [5.41, 5.74) is 8.05.